The van der Waals surface area contributed by atoms with Crippen molar-refractivity contribution in [1.29, 1.82) is 0 Å². The van der Waals surface area contributed by atoms with Gasteiger partial charge in [0.1, 0.15) is 6.26 Å². The summed E-state index contributed by atoms with van der Waals surface area (Å²) in [6.45, 7) is 2.13. The number of hydrogen-bond donors (Lipinski definition) is 2. The number of aromatic nitrogens is 1. The Balaban J connectivity index is 1.94. The molecule has 5 nitrogen and oxygen atoms in total. The summed E-state index contributed by atoms with van der Waals surface area (Å²) in [4.78, 5) is 14.3. The van der Waals surface area contributed by atoms with Crippen LogP contribution >= 0.6 is 0 Å². The Kier molecular flexibility index (Phi) is 2.15. The van der Waals surface area contributed by atoms with E-state index in [4.69, 9.17) is 9.52 Å². The molecule has 1 aromatic rings. The molecule has 2 unspecified atom stereocenters. The van der Waals surface area contributed by atoms with Gasteiger partial charge in [0.25, 0.3) is 6.01 Å². The molecule has 1 heterocycles. The lowest BCUT2D eigenvalue weighted by Crippen LogP contribution is -2.05. The molecule has 0 saturated heterocycles. The van der Waals surface area contributed by atoms with Crippen molar-refractivity contribution in [3.05, 3.63) is 12.0 Å². The lowest BCUT2D eigenvalue weighted by atomic mass is 10.3. The van der Waals surface area contributed by atoms with Gasteiger partial charge in [-0.2, -0.15) is 4.98 Å². The maximum absolute atomic E-state index is 10.5. The third kappa shape index (κ3) is 1.71. The van der Waals surface area contributed by atoms with Crippen LogP contribution in [0.15, 0.2) is 10.7 Å². The van der Waals surface area contributed by atoms with E-state index in [1.54, 1.807) is 0 Å². The number of hydrogen-bond acceptors (Lipinski definition) is 4. The Bertz CT molecular complexity index is 348. The molecule has 0 bridgehead atoms. The first-order valence-electron chi connectivity index (χ1n) is 4.66. The van der Waals surface area contributed by atoms with Crippen LogP contribution in [0.3, 0.4) is 0 Å². The highest BCUT2D eigenvalue weighted by Gasteiger charge is 2.36. The number of anilines is 1. The number of nitrogens with one attached hydrogen (secondary N) is 1. The lowest BCUT2D eigenvalue weighted by molar-refractivity contribution is 0.0690. The third-order valence-corrected chi connectivity index (χ3v) is 2.48. The molecule has 2 N–H and O–H groups in total. The van der Waals surface area contributed by atoms with Gasteiger partial charge < -0.3 is 14.8 Å². The second-order valence-electron chi connectivity index (χ2n) is 3.50. The van der Waals surface area contributed by atoms with E-state index in [9.17, 15) is 4.79 Å². The average molecular weight is 196 g/mol. The number of aromatic carboxylic acids is 1. The Morgan fingerprint density at radius 1 is 1.86 bits per heavy atom. The summed E-state index contributed by atoms with van der Waals surface area (Å²) in [7, 11) is 0. The van der Waals surface area contributed by atoms with Crippen molar-refractivity contribution in [1.82, 2.24) is 4.98 Å². The topological polar surface area (TPSA) is 75.4 Å². The van der Waals surface area contributed by atoms with Crippen molar-refractivity contribution < 1.29 is 14.3 Å². The van der Waals surface area contributed by atoms with Crippen molar-refractivity contribution in [3.8, 4) is 0 Å². The van der Waals surface area contributed by atoms with Crippen LogP contribution in [0.4, 0.5) is 6.01 Å². The highest BCUT2D eigenvalue weighted by Crippen LogP contribution is 2.35. The van der Waals surface area contributed by atoms with E-state index >= 15 is 0 Å². The SMILES string of the molecule is CCC1CC1Nc1nc(C(=O)O)co1. The fourth-order valence-corrected chi connectivity index (χ4v) is 1.47. The Hall–Kier alpha value is -1.52. The van der Waals surface area contributed by atoms with Gasteiger partial charge in [-0.3, -0.25) is 0 Å². The zero-order valence-corrected chi connectivity index (χ0v) is 7.86. The zero-order valence-electron chi connectivity index (χ0n) is 7.86. The van der Waals surface area contributed by atoms with Crippen molar-refractivity contribution in [2.75, 3.05) is 5.32 Å². The molecule has 5 heteroatoms. The lowest BCUT2D eigenvalue weighted by Gasteiger charge is -1.97. The van der Waals surface area contributed by atoms with Crippen molar-refractivity contribution in [2.24, 2.45) is 5.92 Å². The molecule has 1 aliphatic carbocycles. The molecule has 1 fully saturated rings. The first-order valence-corrected chi connectivity index (χ1v) is 4.66. The van der Waals surface area contributed by atoms with Crippen LogP contribution in [0.5, 0.6) is 0 Å². The number of nitrogens with zero attached hydrogens (tertiary/aromatic N) is 1. The minimum Gasteiger partial charge on any atom is -0.476 e. The van der Waals surface area contributed by atoms with Crippen LogP contribution in [0.2, 0.25) is 0 Å². The molecule has 14 heavy (non-hydrogen) atoms. The van der Waals surface area contributed by atoms with Gasteiger partial charge in [0.2, 0.25) is 0 Å². The molecule has 2 rings (SSSR count). The van der Waals surface area contributed by atoms with Gasteiger partial charge in [0.15, 0.2) is 5.69 Å². The summed E-state index contributed by atoms with van der Waals surface area (Å²) in [5.41, 5.74) is -0.0544. The molecule has 1 aromatic heterocycles. The Morgan fingerprint density at radius 2 is 2.64 bits per heavy atom. The first-order chi connectivity index (χ1) is 6.70. The molecule has 0 amide bonds. The van der Waals surface area contributed by atoms with E-state index in [-0.39, 0.29) is 5.69 Å². The van der Waals surface area contributed by atoms with Crippen LogP contribution in [0.1, 0.15) is 30.3 Å². The molecule has 0 aromatic carbocycles. The smallest absolute Gasteiger partial charge is 0.357 e. The fourth-order valence-electron chi connectivity index (χ4n) is 1.47. The third-order valence-electron chi connectivity index (χ3n) is 2.48. The van der Waals surface area contributed by atoms with Gasteiger partial charge in [-0.05, 0) is 12.3 Å². The zero-order chi connectivity index (χ0) is 10.1. The van der Waals surface area contributed by atoms with Crippen LogP contribution < -0.4 is 5.32 Å². The van der Waals surface area contributed by atoms with Crippen LogP contribution in [0, 0.1) is 5.92 Å². The molecule has 2 atom stereocenters. The summed E-state index contributed by atoms with van der Waals surface area (Å²) in [5.74, 6) is -0.389. The number of oxazole rings is 1. The van der Waals surface area contributed by atoms with E-state index in [0.717, 1.165) is 19.1 Å². The second-order valence-corrected chi connectivity index (χ2v) is 3.50. The van der Waals surface area contributed by atoms with E-state index in [1.807, 2.05) is 0 Å². The predicted octanol–water partition coefficient (Wildman–Crippen LogP) is 1.58. The highest BCUT2D eigenvalue weighted by molar-refractivity contribution is 5.85. The maximum atomic E-state index is 10.5. The van der Waals surface area contributed by atoms with Crippen molar-refractivity contribution >= 4 is 12.0 Å². The van der Waals surface area contributed by atoms with Gasteiger partial charge in [0, 0.05) is 6.04 Å². The minimum atomic E-state index is -1.07. The number of carboxylic acids is 1. The van der Waals surface area contributed by atoms with Crippen LogP contribution in [-0.2, 0) is 0 Å². The largest absolute Gasteiger partial charge is 0.476 e. The van der Waals surface area contributed by atoms with Crippen LogP contribution in [-0.4, -0.2) is 22.1 Å². The van der Waals surface area contributed by atoms with Crippen LogP contribution in [0.25, 0.3) is 0 Å². The van der Waals surface area contributed by atoms with E-state index in [0.29, 0.717) is 18.0 Å². The minimum absolute atomic E-state index is 0.0544. The predicted molar refractivity (Wildman–Crippen MR) is 49.3 cm³/mol. The van der Waals surface area contributed by atoms with Gasteiger partial charge in [-0.1, -0.05) is 13.3 Å². The molecule has 1 saturated carbocycles. The van der Waals surface area contributed by atoms with Crippen molar-refractivity contribution in [3.63, 3.8) is 0 Å². The quantitative estimate of drug-likeness (QED) is 0.764. The van der Waals surface area contributed by atoms with Gasteiger partial charge in [-0.15, -0.1) is 0 Å². The molecule has 0 radical (unpaired) electrons. The highest BCUT2D eigenvalue weighted by atomic mass is 16.4. The fraction of sp³-hybridized carbons (Fsp3) is 0.556. The van der Waals surface area contributed by atoms with Crippen molar-refractivity contribution in [2.45, 2.75) is 25.8 Å². The molecule has 76 valence electrons. The molecular formula is C9H12N2O3. The van der Waals surface area contributed by atoms with Gasteiger partial charge >= 0.3 is 5.97 Å². The summed E-state index contributed by atoms with van der Waals surface area (Å²) < 4.78 is 4.97. The van der Waals surface area contributed by atoms with Gasteiger partial charge in [-0.25, -0.2) is 4.79 Å². The maximum Gasteiger partial charge on any atom is 0.357 e. The standard InChI is InChI=1S/C9H12N2O3/c1-2-5-3-6(5)10-9-11-7(4-14-9)8(12)13/h4-6H,2-3H2,1H3,(H,10,11)(H,12,13). The second kappa shape index (κ2) is 3.32. The normalized spacial score (nSPS) is 24.6. The number of carbonyl (C=O) groups is 1. The Labute approximate surface area is 81.1 Å². The van der Waals surface area contributed by atoms with E-state index in [2.05, 4.69) is 17.2 Å². The molecular weight excluding hydrogens is 184 g/mol. The summed E-state index contributed by atoms with van der Waals surface area (Å²) in [5, 5.41) is 11.6. The summed E-state index contributed by atoms with van der Waals surface area (Å²) >= 11 is 0. The molecule has 0 aliphatic heterocycles. The van der Waals surface area contributed by atoms with Gasteiger partial charge in [0.05, 0.1) is 0 Å². The average Bonchev–Trinajstić information content (AvgIpc) is 2.71. The Morgan fingerprint density at radius 3 is 3.14 bits per heavy atom. The van der Waals surface area contributed by atoms with E-state index in [1.165, 1.54) is 0 Å². The number of carboxylic acid groups (broad SMARTS) is 1. The summed E-state index contributed by atoms with van der Waals surface area (Å²) in [6, 6.07) is 0.712. The molecule has 0 spiro atoms. The number of rotatable bonds is 4. The summed E-state index contributed by atoms with van der Waals surface area (Å²) in [6.07, 6.45) is 3.39. The van der Waals surface area contributed by atoms with E-state index < -0.39 is 5.97 Å². The molecule has 1 aliphatic rings. The first kappa shape index (κ1) is 9.05. The monoisotopic (exact) mass is 196 g/mol.